The number of sulfone groups is 1. The first-order valence-corrected chi connectivity index (χ1v) is 14.5. The molecule has 4 unspecified atom stereocenters. The average Bonchev–Trinajstić information content (AvgIpc) is 3.66. The van der Waals surface area contributed by atoms with E-state index in [0.29, 0.717) is 23.2 Å². The molecule has 1 amide bonds. The van der Waals surface area contributed by atoms with Crippen molar-refractivity contribution >= 4 is 32.8 Å². The van der Waals surface area contributed by atoms with E-state index in [2.05, 4.69) is 11.9 Å². The molecule has 2 heterocycles. The van der Waals surface area contributed by atoms with Crippen LogP contribution in [0.4, 0.5) is 10.1 Å². The number of hydrogen-bond donors (Lipinski definition) is 2. The van der Waals surface area contributed by atoms with Crippen LogP contribution in [0.5, 0.6) is 0 Å². The maximum Gasteiger partial charge on any atom is 0.255 e. The van der Waals surface area contributed by atoms with Crippen molar-refractivity contribution in [2.45, 2.75) is 55.6 Å². The van der Waals surface area contributed by atoms with E-state index in [9.17, 15) is 17.6 Å². The standard InChI is InChI=1S/C29H34FN3O4S/c1-5-18-12-19(6-9-21(30)13-18)26(34)32-22-10-11-23(17(2)3)24(14-22)29-16-37-15-25(29)38(35,36)28(4,20-7-8-20)27(31)33-29/h6,9-14,18,20,25H,2,5,7-8,15-16H2,1,3-4H3,(H2,31,33)(H,32,34). The Kier molecular flexibility index (Phi) is 6.51. The van der Waals surface area contributed by atoms with Crippen molar-refractivity contribution in [3.8, 4) is 0 Å². The normalized spacial score (nSPS) is 31.9. The van der Waals surface area contributed by atoms with Gasteiger partial charge in [0, 0.05) is 11.3 Å². The van der Waals surface area contributed by atoms with E-state index in [1.54, 1.807) is 31.2 Å². The second kappa shape index (κ2) is 9.31. The molecule has 202 valence electrons. The SMILES string of the molecule is C=C(C)c1ccc(NC(=O)C2=CC(CC)C=C(F)C=C2)cc1C12COCC1S(=O)(=O)C(C)(C1CC1)C(N)=N2. The predicted molar refractivity (Wildman–Crippen MR) is 148 cm³/mol. The van der Waals surface area contributed by atoms with Crippen LogP contribution >= 0.6 is 0 Å². The van der Waals surface area contributed by atoms with Crippen molar-refractivity contribution in [2.24, 2.45) is 22.6 Å². The smallest absolute Gasteiger partial charge is 0.255 e. The van der Waals surface area contributed by atoms with Crippen molar-refractivity contribution in [3.63, 3.8) is 0 Å². The van der Waals surface area contributed by atoms with E-state index in [1.165, 1.54) is 18.2 Å². The van der Waals surface area contributed by atoms with Gasteiger partial charge in [-0.1, -0.05) is 31.2 Å². The summed E-state index contributed by atoms with van der Waals surface area (Å²) in [6.07, 6.45) is 8.20. The molecule has 4 atom stereocenters. The summed E-state index contributed by atoms with van der Waals surface area (Å²) in [6, 6.07) is 5.29. The Balaban J connectivity index is 1.58. The molecule has 3 N–H and O–H groups in total. The molecule has 5 rings (SSSR count). The third-order valence-electron chi connectivity index (χ3n) is 8.40. The summed E-state index contributed by atoms with van der Waals surface area (Å²) in [5, 5.41) is 1.98. The minimum Gasteiger partial charge on any atom is -0.386 e. The van der Waals surface area contributed by atoms with Gasteiger partial charge in [-0.3, -0.25) is 9.79 Å². The highest BCUT2D eigenvalue weighted by Gasteiger charge is 2.66. The van der Waals surface area contributed by atoms with Crippen molar-refractivity contribution < 1.29 is 22.3 Å². The maximum atomic E-state index is 14.1. The third kappa shape index (κ3) is 4.07. The van der Waals surface area contributed by atoms with E-state index in [1.807, 2.05) is 13.8 Å². The number of ether oxygens (including phenoxy) is 1. The Morgan fingerprint density at radius 2 is 2.03 bits per heavy atom. The van der Waals surface area contributed by atoms with Crippen molar-refractivity contribution in [1.29, 1.82) is 0 Å². The van der Waals surface area contributed by atoms with Gasteiger partial charge in [0.25, 0.3) is 5.91 Å². The number of rotatable bonds is 6. The number of carbonyl (C=O) groups is 1. The summed E-state index contributed by atoms with van der Waals surface area (Å²) in [7, 11) is -3.76. The fraction of sp³-hybridized carbons (Fsp3) is 0.448. The number of halogens is 1. The Bertz CT molecular complexity index is 1440. The molecular formula is C29H34FN3O4S. The number of amidine groups is 1. The molecule has 0 spiro atoms. The molecule has 2 aliphatic heterocycles. The van der Waals surface area contributed by atoms with E-state index in [-0.39, 0.29) is 36.7 Å². The Hall–Kier alpha value is -3.04. The van der Waals surface area contributed by atoms with Crippen LogP contribution in [0.2, 0.25) is 0 Å². The number of nitrogens with two attached hydrogens (primary N) is 1. The Morgan fingerprint density at radius 1 is 1.29 bits per heavy atom. The van der Waals surface area contributed by atoms with Crippen LogP contribution in [0.15, 0.2) is 65.5 Å². The Morgan fingerprint density at radius 3 is 2.68 bits per heavy atom. The highest BCUT2D eigenvalue weighted by Crippen LogP contribution is 2.54. The first-order chi connectivity index (χ1) is 17.9. The largest absolute Gasteiger partial charge is 0.386 e. The van der Waals surface area contributed by atoms with Crippen molar-refractivity contribution in [1.82, 2.24) is 0 Å². The molecule has 1 saturated heterocycles. The molecule has 0 bridgehead atoms. The van der Waals surface area contributed by atoms with Crippen LogP contribution in [-0.2, 0) is 24.9 Å². The fourth-order valence-corrected chi connectivity index (χ4v) is 8.53. The summed E-state index contributed by atoms with van der Waals surface area (Å²) >= 11 is 0. The van der Waals surface area contributed by atoms with Crippen LogP contribution in [0.1, 0.15) is 51.2 Å². The van der Waals surface area contributed by atoms with E-state index < -0.39 is 31.3 Å². The molecule has 1 aromatic carbocycles. The molecule has 2 fully saturated rings. The second-order valence-corrected chi connectivity index (χ2v) is 13.4. The molecule has 0 aromatic heterocycles. The van der Waals surface area contributed by atoms with Crippen LogP contribution in [0.3, 0.4) is 0 Å². The van der Waals surface area contributed by atoms with Gasteiger partial charge in [0.15, 0.2) is 9.84 Å². The Labute approximate surface area is 223 Å². The molecule has 0 radical (unpaired) electrons. The zero-order valence-corrected chi connectivity index (χ0v) is 22.8. The summed E-state index contributed by atoms with van der Waals surface area (Å²) in [4.78, 5) is 18.1. The van der Waals surface area contributed by atoms with Crippen LogP contribution in [0, 0.1) is 11.8 Å². The summed E-state index contributed by atoms with van der Waals surface area (Å²) in [5.74, 6) is -0.921. The lowest BCUT2D eigenvalue weighted by Crippen LogP contribution is -2.62. The lowest BCUT2D eigenvalue weighted by molar-refractivity contribution is -0.112. The first-order valence-electron chi connectivity index (χ1n) is 13.0. The van der Waals surface area contributed by atoms with Gasteiger partial charge in [0.05, 0.1) is 13.2 Å². The molecule has 1 saturated carbocycles. The number of fused-ring (bicyclic) bond motifs is 1. The van der Waals surface area contributed by atoms with Crippen LogP contribution in [-0.4, -0.2) is 43.4 Å². The summed E-state index contributed by atoms with van der Waals surface area (Å²) in [6.45, 7) is 9.61. The number of carbonyl (C=O) groups excluding carboxylic acids is 1. The number of benzene rings is 1. The van der Waals surface area contributed by atoms with Gasteiger partial charge in [-0.25, -0.2) is 12.8 Å². The number of nitrogens with one attached hydrogen (secondary N) is 1. The minimum absolute atomic E-state index is 0.0162. The fourth-order valence-electron chi connectivity index (χ4n) is 5.86. The number of allylic oxidation sites excluding steroid dienone is 5. The van der Waals surface area contributed by atoms with E-state index in [4.69, 9.17) is 15.5 Å². The molecule has 38 heavy (non-hydrogen) atoms. The first kappa shape index (κ1) is 26.6. The van der Waals surface area contributed by atoms with E-state index >= 15 is 0 Å². The molecular weight excluding hydrogens is 505 g/mol. The highest BCUT2D eigenvalue weighted by atomic mass is 32.2. The quantitative estimate of drug-likeness (QED) is 0.550. The number of aliphatic imine (C=N–C) groups is 1. The molecule has 9 heteroatoms. The average molecular weight is 540 g/mol. The number of amides is 1. The lowest BCUT2D eigenvalue weighted by atomic mass is 9.83. The van der Waals surface area contributed by atoms with Crippen molar-refractivity contribution in [2.75, 3.05) is 18.5 Å². The van der Waals surface area contributed by atoms with Crippen molar-refractivity contribution in [3.05, 3.63) is 71.6 Å². The molecule has 4 aliphatic rings. The minimum atomic E-state index is -3.76. The summed E-state index contributed by atoms with van der Waals surface area (Å²) < 4.78 is 46.7. The second-order valence-electron chi connectivity index (χ2n) is 10.9. The highest BCUT2D eigenvalue weighted by molar-refractivity contribution is 7.94. The predicted octanol–water partition coefficient (Wildman–Crippen LogP) is 4.58. The lowest BCUT2D eigenvalue weighted by Gasteiger charge is -2.43. The number of anilines is 1. The third-order valence-corrected chi connectivity index (χ3v) is 11.4. The number of nitrogens with zero attached hydrogens (tertiary/aromatic N) is 1. The maximum absolute atomic E-state index is 14.1. The number of hydrogen-bond acceptors (Lipinski definition) is 6. The van der Waals surface area contributed by atoms with Gasteiger partial charge in [0.1, 0.15) is 27.2 Å². The molecule has 1 aromatic rings. The van der Waals surface area contributed by atoms with Gasteiger partial charge in [0.2, 0.25) is 0 Å². The van der Waals surface area contributed by atoms with E-state index in [0.717, 1.165) is 24.0 Å². The summed E-state index contributed by atoms with van der Waals surface area (Å²) in [5.41, 5.74) is 8.06. The molecule has 2 aliphatic carbocycles. The van der Waals surface area contributed by atoms with Gasteiger partial charge in [-0.2, -0.15) is 0 Å². The van der Waals surface area contributed by atoms with Gasteiger partial charge >= 0.3 is 0 Å². The monoisotopic (exact) mass is 539 g/mol. The van der Waals surface area contributed by atoms with Gasteiger partial charge in [-0.15, -0.1) is 0 Å². The van der Waals surface area contributed by atoms with Gasteiger partial charge < -0.3 is 15.8 Å². The van der Waals surface area contributed by atoms with Crippen LogP contribution < -0.4 is 11.1 Å². The zero-order valence-electron chi connectivity index (χ0n) is 22.0. The van der Waals surface area contributed by atoms with Crippen LogP contribution in [0.25, 0.3) is 5.57 Å². The molecule has 7 nitrogen and oxygen atoms in total. The van der Waals surface area contributed by atoms with Gasteiger partial charge in [-0.05, 0) is 86.4 Å². The zero-order chi connectivity index (χ0) is 27.5. The topological polar surface area (TPSA) is 111 Å².